The second kappa shape index (κ2) is 49.2. The summed E-state index contributed by atoms with van der Waals surface area (Å²) in [5.41, 5.74) is 5.36. The predicted molar refractivity (Wildman–Crippen MR) is 266 cm³/mol. The van der Waals surface area contributed by atoms with E-state index in [0.29, 0.717) is 12.8 Å². The third-order valence-corrected chi connectivity index (χ3v) is 11.9. The van der Waals surface area contributed by atoms with E-state index < -0.39 is 32.5 Å². The van der Waals surface area contributed by atoms with E-state index in [9.17, 15) is 19.0 Å². The van der Waals surface area contributed by atoms with Gasteiger partial charge in [-0.2, -0.15) is 0 Å². The lowest BCUT2D eigenvalue weighted by Gasteiger charge is -2.19. The molecule has 0 aliphatic rings. The van der Waals surface area contributed by atoms with Crippen LogP contribution in [0.25, 0.3) is 0 Å². The van der Waals surface area contributed by atoms with Crippen LogP contribution < -0.4 is 5.73 Å². The van der Waals surface area contributed by atoms with E-state index in [2.05, 4.69) is 62.5 Å². The van der Waals surface area contributed by atoms with Crippen LogP contribution in [0.3, 0.4) is 0 Å². The Kier molecular flexibility index (Phi) is 47.4. The zero-order valence-corrected chi connectivity index (χ0v) is 41.4. The number of phosphoric acid groups is 1. The third kappa shape index (κ3) is 49.0. The summed E-state index contributed by atoms with van der Waals surface area (Å²) in [5, 5.41) is 0. The van der Waals surface area contributed by atoms with Gasteiger partial charge in [-0.05, 0) is 51.4 Å². The van der Waals surface area contributed by atoms with Crippen molar-refractivity contribution in [1.82, 2.24) is 0 Å². The number of rotatable bonds is 48. The fraction of sp³-hybridized carbons (Fsp3) is 0.774. The molecule has 366 valence electrons. The van der Waals surface area contributed by atoms with E-state index in [-0.39, 0.29) is 32.6 Å². The molecular weight excluding hydrogens is 810 g/mol. The van der Waals surface area contributed by atoms with Crippen LogP contribution in [0.2, 0.25) is 0 Å². The van der Waals surface area contributed by atoms with Gasteiger partial charge in [0.2, 0.25) is 0 Å². The molecule has 10 heteroatoms. The SMILES string of the molecule is CCCCC/C=C/C/C=C/C/C=C/C/C=C/C/C=C/CCC(=O)OC[C@H](COP(=O)(O)OCCN)OC(=O)CCCCCCCCCCCCCCCCCCCCCCCCC. The molecule has 0 fully saturated rings. The molecule has 0 aliphatic carbocycles. The van der Waals surface area contributed by atoms with Gasteiger partial charge in [0.05, 0.1) is 13.2 Å². The Hall–Kier alpha value is -2.29. The Morgan fingerprint density at radius 3 is 1.29 bits per heavy atom. The Morgan fingerprint density at radius 1 is 0.476 bits per heavy atom. The van der Waals surface area contributed by atoms with E-state index in [1.807, 2.05) is 12.2 Å². The number of ether oxygens (including phenoxy) is 2. The van der Waals surface area contributed by atoms with Gasteiger partial charge in [-0.1, -0.05) is 229 Å². The Balaban J connectivity index is 4.12. The highest BCUT2D eigenvalue weighted by Gasteiger charge is 2.26. The predicted octanol–water partition coefficient (Wildman–Crippen LogP) is 15.6. The second-order valence-electron chi connectivity index (χ2n) is 17.0. The highest BCUT2D eigenvalue weighted by molar-refractivity contribution is 7.47. The molecule has 0 amide bonds. The average Bonchev–Trinajstić information content (AvgIpc) is 3.27. The first kappa shape index (κ1) is 60.7. The Labute approximate surface area is 387 Å². The van der Waals surface area contributed by atoms with Crippen LogP contribution in [-0.2, 0) is 32.7 Å². The van der Waals surface area contributed by atoms with Gasteiger partial charge in [0.15, 0.2) is 6.10 Å². The molecule has 63 heavy (non-hydrogen) atoms. The normalized spacial score (nSPS) is 13.7. The van der Waals surface area contributed by atoms with Crippen molar-refractivity contribution < 1.29 is 37.6 Å². The number of allylic oxidation sites excluding steroid dienone is 10. The van der Waals surface area contributed by atoms with Crippen molar-refractivity contribution in [2.45, 2.75) is 238 Å². The van der Waals surface area contributed by atoms with E-state index in [1.165, 1.54) is 148 Å². The summed E-state index contributed by atoms with van der Waals surface area (Å²) in [5.74, 6) is -0.918. The fourth-order valence-corrected chi connectivity index (χ4v) is 7.86. The molecule has 0 heterocycles. The maximum atomic E-state index is 12.7. The zero-order chi connectivity index (χ0) is 46.0. The van der Waals surface area contributed by atoms with Crippen molar-refractivity contribution in [3.8, 4) is 0 Å². The molecule has 0 aromatic heterocycles. The van der Waals surface area contributed by atoms with E-state index in [4.69, 9.17) is 24.3 Å². The standard InChI is InChI=1S/C53H96NO8P/c1-3-5-7-9-11-13-15-17-19-21-23-24-25-26-28-30-32-34-36-38-40-42-44-46-53(56)62-51(50-61-63(57,58)60-48-47-54)49-59-52(55)45-43-41-39-37-35-33-31-29-27-22-20-18-16-14-12-10-8-6-4-2/h12,14,18,20,27,29,33,35,39,41,51H,3-11,13,15-17,19,21-26,28,30-32,34,36-38,40,42-50,54H2,1-2H3,(H,57,58)/b14-12+,20-18+,29-27+,35-33+,41-39+/t51-/m1/s1. The van der Waals surface area contributed by atoms with Crippen molar-refractivity contribution in [3.05, 3.63) is 60.8 Å². The summed E-state index contributed by atoms with van der Waals surface area (Å²) in [6.45, 7) is 3.65. The second-order valence-corrected chi connectivity index (χ2v) is 18.5. The minimum absolute atomic E-state index is 0.0432. The maximum Gasteiger partial charge on any atom is 0.472 e. The summed E-state index contributed by atoms with van der Waals surface area (Å²) < 4.78 is 32.8. The molecule has 0 radical (unpaired) electrons. The molecule has 0 saturated heterocycles. The molecule has 3 N–H and O–H groups in total. The Bertz CT molecular complexity index is 1220. The molecule has 0 spiro atoms. The summed E-state index contributed by atoms with van der Waals surface area (Å²) >= 11 is 0. The number of carbonyl (C=O) groups excluding carboxylic acids is 2. The summed E-state index contributed by atoms with van der Waals surface area (Å²) in [6, 6.07) is 0. The average molecular weight is 906 g/mol. The number of esters is 2. The highest BCUT2D eigenvalue weighted by atomic mass is 31.2. The lowest BCUT2D eigenvalue weighted by atomic mass is 10.0. The van der Waals surface area contributed by atoms with Crippen LogP contribution >= 0.6 is 7.82 Å². The minimum atomic E-state index is -4.40. The molecule has 0 aromatic rings. The molecule has 0 aliphatic heterocycles. The van der Waals surface area contributed by atoms with Crippen molar-refractivity contribution in [1.29, 1.82) is 0 Å². The maximum absolute atomic E-state index is 12.7. The van der Waals surface area contributed by atoms with Gasteiger partial charge in [0, 0.05) is 19.4 Å². The first-order valence-electron chi connectivity index (χ1n) is 25.8. The van der Waals surface area contributed by atoms with Crippen molar-refractivity contribution >= 4 is 19.8 Å². The number of phosphoric ester groups is 1. The van der Waals surface area contributed by atoms with Crippen molar-refractivity contribution in [3.63, 3.8) is 0 Å². The molecule has 0 bridgehead atoms. The van der Waals surface area contributed by atoms with Crippen LogP contribution in [0.5, 0.6) is 0 Å². The molecule has 2 atom stereocenters. The molecular formula is C53H96NO8P. The first-order valence-corrected chi connectivity index (χ1v) is 27.3. The van der Waals surface area contributed by atoms with Gasteiger partial charge in [0.1, 0.15) is 6.61 Å². The van der Waals surface area contributed by atoms with E-state index in [0.717, 1.165) is 44.9 Å². The molecule has 1 unspecified atom stereocenters. The minimum Gasteiger partial charge on any atom is -0.462 e. The fourth-order valence-electron chi connectivity index (χ4n) is 7.09. The third-order valence-electron chi connectivity index (χ3n) is 10.9. The van der Waals surface area contributed by atoms with E-state index >= 15 is 0 Å². The van der Waals surface area contributed by atoms with Crippen molar-refractivity contribution in [2.24, 2.45) is 5.73 Å². The molecule has 0 saturated carbocycles. The smallest absolute Gasteiger partial charge is 0.462 e. The number of carbonyl (C=O) groups is 2. The summed E-state index contributed by atoms with van der Waals surface area (Å²) in [4.78, 5) is 35.0. The quantitative estimate of drug-likeness (QED) is 0.0265. The summed E-state index contributed by atoms with van der Waals surface area (Å²) in [6.07, 6.45) is 59.9. The van der Waals surface area contributed by atoms with Crippen LogP contribution in [-0.4, -0.2) is 49.3 Å². The van der Waals surface area contributed by atoms with Gasteiger partial charge in [-0.15, -0.1) is 0 Å². The lowest BCUT2D eigenvalue weighted by molar-refractivity contribution is -0.161. The Morgan fingerprint density at radius 2 is 0.857 bits per heavy atom. The topological polar surface area (TPSA) is 134 Å². The van der Waals surface area contributed by atoms with Gasteiger partial charge in [-0.25, -0.2) is 4.57 Å². The number of hydrogen-bond donors (Lipinski definition) is 2. The number of unbranched alkanes of at least 4 members (excludes halogenated alkanes) is 25. The van der Waals surface area contributed by atoms with Crippen LogP contribution in [0.15, 0.2) is 60.8 Å². The van der Waals surface area contributed by atoms with Gasteiger partial charge in [0.25, 0.3) is 0 Å². The van der Waals surface area contributed by atoms with Crippen molar-refractivity contribution in [2.75, 3.05) is 26.4 Å². The highest BCUT2D eigenvalue weighted by Crippen LogP contribution is 2.43. The van der Waals surface area contributed by atoms with Crippen LogP contribution in [0.4, 0.5) is 0 Å². The molecule has 0 rings (SSSR count). The molecule has 9 nitrogen and oxygen atoms in total. The van der Waals surface area contributed by atoms with E-state index in [1.54, 1.807) is 0 Å². The summed E-state index contributed by atoms with van der Waals surface area (Å²) in [7, 11) is -4.40. The first-order chi connectivity index (χ1) is 30.8. The number of nitrogens with two attached hydrogens (primary N) is 1. The van der Waals surface area contributed by atoms with Gasteiger partial charge in [-0.3, -0.25) is 18.6 Å². The van der Waals surface area contributed by atoms with Crippen LogP contribution in [0, 0.1) is 0 Å². The van der Waals surface area contributed by atoms with Gasteiger partial charge < -0.3 is 20.1 Å². The largest absolute Gasteiger partial charge is 0.472 e. The van der Waals surface area contributed by atoms with Crippen LogP contribution in [0.1, 0.15) is 232 Å². The monoisotopic (exact) mass is 906 g/mol. The molecule has 0 aromatic carbocycles. The lowest BCUT2D eigenvalue weighted by Crippen LogP contribution is -2.29. The van der Waals surface area contributed by atoms with Gasteiger partial charge >= 0.3 is 19.8 Å². The zero-order valence-electron chi connectivity index (χ0n) is 40.6. The number of hydrogen-bond acceptors (Lipinski definition) is 8.